The normalized spacial score (nSPS) is 17.2. The van der Waals surface area contributed by atoms with Gasteiger partial charge in [0, 0.05) is 0 Å². The maximum atomic E-state index is 9.22. The van der Waals surface area contributed by atoms with Gasteiger partial charge in [0.2, 0.25) is 0 Å². The maximum absolute atomic E-state index is 9.22. The van der Waals surface area contributed by atoms with E-state index >= 15 is 0 Å². The summed E-state index contributed by atoms with van der Waals surface area (Å²) in [5.74, 6) is -1.91. The van der Waals surface area contributed by atoms with E-state index in [-0.39, 0.29) is 18.1 Å². The zero-order chi connectivity index (χ0) is 42.8. The number of rotatable bonds is 9. The number of hydrogen-bond acceptors (Lipinski definition) is 0. The van der Waals surface area contributed by atoms with Gasteiger partial charge < -0.3 is 0 Å². The Balaban J connectivity index is 1.51. The van der Waals surface area contributed by atoms with Crippen molar-refractivity contribution in [1.82, 2.24) is 0 Å². The van der Waals surface area contributed by atoms with E-state index in [9.17, 15) is 17.0 Å². The molecule has 2 aliphatic rings. The molecular formula is C56H61Cl2SiZr. The first-order valence-corrected chi connectivity index (χ1v) is 38.4. The van der Waals surface area contributed by atoms with E-state index in [2.05, 4.69) is 214 Å². The van der Waals surface area contributed by atoms with Gasteiger partial charge in [-0.15, -0.1) is 0 Å². The van der Waals surface area contributed by atoms with E-state index in [0.29, 0.717) is 0 Å². The molecule has 8 rings (SSSR count). The summed E-state index contributed by atoms with van der Waals surface area (Å²) in [5.41, 5.74) is 20.8. The Morgan fingerprint density at radius 2 is 0.833 bits per heavy atom. The summed E-state index contributed by atoms with van der Waals surface area (Å²) in [6, 6.07) is 49.9. The van der Waals surface area contributed by atoms with Crippen molar-refractivity contribution in [3.63, 3.8) is 0 Å². The quantitative estimate of drug-likeness (QED) is 0.127. The van der Waals surface area contributed by atoms with Crippen molar-refractivity contribution in [3.8, 4) is 22.3 Å². The van der Waals surface area contributed by atoms with Gasteiger partial charge >= 0.3 is 373 Å². The molecule has 2 aliphatic carbocycles. The van der Waals surface area contributed by atoms with Crippen LogP contribution >= 0.6 is 17.0 Å². The summed E-state index contributed by atoms with van der Waals surface area (Å²) in [4.78, 5) is 0. The van der Waals surface area contributed by atoms with Crippen molar-refractivity contribution in [1.29, 1.82) is 0 Å². The third kappa shape index (κ3) is 7.07. The van der Waals surface area contributed by atoms with Crippen LogP contribution in [0.25, 0.3) is 45.6 Å². The molecule has 0 aromatic heterocycles. The topological polar surface area (TPSA) is 0 Å². The summed E-state index contributed by atoms with van der Waals surface area (Å²) >= 11 is -5.35. The summed E-state index contributed by atoms with van der Waals surface area (Å²) in [6.45, 7) is 23.6. The zero-order valence-corrected chi connectivity index (χ0v) is 42.4. The third-order valence-electron chi connectivity index (χ3n) is 13.8. The standard InChI is InChI=1S/2C27H27.C2H7Si.2ClH.Zr/c2*1-5-19-11-9-10-14-23(19)26-24-18-22(20-12-7-6-8-13-20)17-21(24)15-16-25(26)27(2,3)4;1-3-2;;;/h2*6-18H,5H2,1-4H3;3H,1-2H3;2*1H;/q;;;;;+2/p-2. The predicted octanol–water partition coefficient (Wildman–Crippen LogP) is 16.6. The Labute approximate surface area is 369 Å². The molecule has 2 unspecified atom stereocenters. The summed E-state index contributed by atoms with van der Waals surface area (Å²) in [5, 5.41) is 0. The van der Waals surface area contributed by atoms with Crippen LogP contribution in [-0.4, -0.2) is 5.92 Å². The molecule has 0 nitrogen and oxygen atoms in total. The monoisotopic (exact) mass is 921 g/mol. The molecule has 4 heteroatoms. The summed E-state index contributed by atoms with van der Waals surface area (Å²) < 4.78 is -0.228. The summed E-state index contributed by atoms with van der Waals surface area (Å²) in [6.07, 6.45) is 6.96. The molecule has 6 aromatic rings. The minimum atomic E-state index is -5.35. The van der Waals surface area contributed by atoms with E-state index in [1.54, 1.807) is 0 Å². The fraction of sp³-hybridized carbons (Fsp3) is 0.286. The second kappa shape index (κ2) is 16.0. The van der Waals surface area contributed by atoms with Crippen LogP contribution in [0.15, 0.2) is 133 Å². The average molecular weight is 924 g/mol. The Morgan fingerprint density at radius 1 is 0.483 bits per heavy atom. The molecule has 0 saturated carbocycles. The molecule has 0 amide bonds. The van der Waals surface area contributed by atoms with Gasteiger partial charge in [-0.05, 0) is 0 Å². The van der Waals surface area contributed by atoms with Crippen molar-refractivity contribution >= 4 is 46.2 Å². The van der Waals surface area contributed by atoms with Gasteiger partial charge in [0.25, 0.3) is 0 Å². The molecule has 0 N–H and O–H groups in total. The minimum absolute atomic E-state index is 0.0830. The predicted molar refractivity (Wildman–Crippen MR) is 265 cm³/mol. The number of halogens is 2. The van der Waals surface area contributed by atoms with Crippen molar-refractivity contribution < 1.29 is 15.6 Å². The number of aryl methyl sites for hydroxylation is 2. The zero-order valence-electron chi connectivity index (χ0n) is 37.3. The van der Waals surface area contributed by atoms with Crippen LogP contribution in [0.5, 0.6) is 0 Å². The number of allylic oxidation sites excluding steroid dienone is 2. The van der Waals surface area contributed by atoms with Crippen LogP contribution in [-0.2, 0) is 39.2 Å². The van der Waals surface area contributed by atoms with Gasteiger partial charge in [-0.1, -0.05) is 0 Å². The van der Waals surface area contributed by atoms with Gasteiger partial charge in [-0.3, -0.25) is 0 Å². The van der Waals surface area contributed by atoms with Crippen LogP contribution in [0.4, 0.5) is 0 Å². The number of fused-ring (bicyclic) bond motifs is 2. The van der Waals surface area contributed by atoms with Crippen LogP contribution in [0.1, 0.15) is 118 Å². The van der Waals surface area contributed by atoms with Crippen LogP contribution in [0, 0.1) is 0 Å². The van der Waals surface area contributed by atoms with Gasteiger partial charge in [-0.2, -0.15) is 0 Å². The van der Waals surface area contributed by atoms with Gasteiger partial charge in [0.15, 0.2) is 0 Å². The van der Waals surface area contributed by atoms with E-state index in [1.165, 1.54) is 89.0 Å². The van der Waals surface area contributed by atoms with Crippen molar-refractivity contribution in [3.05, 3.63) is 189 Å². The molecule has 0 aliphatic heterocycles. The fourth-order valence-electron chi connectivity index (χ4n) is 10.7. The van der Waals surface area contributed by atoms with Crippen molar-refractivity contribution in [2.24, 2.45) is 0 Å². The van der Waals surface area contributed by atoms with Crippen LogP contribution < -0.4 is 0 Å². The third-order valence-corrected chi connectivity index (χ3v) is 65.3. The number of benzene rings is 6. The average Bonchev–Trinajstić information content (AvgIpc) is 3.84. The fourth-order valence-corrected chi connectivity index (χ4v) is 40.8. The van der Waals surface area contributed by atoms with Gasteiger partial charge in [-0.25, -0.2) is 0 Å². The van der Waals surface area contributed by atoms with Crippen molar-refractivity contribution in [2.75, 3.05) is 0 Å². The molecule has 307 valence electrons. The molecule has 0 fully saturated rings. The second-order valence-electron chi connectivity index (χ2n) is 19.7. The Kier molecular flexibility index (Phi) is 11.5. The molecule has 0 spiro atoms. The molecule has 6 aromatic carbocycles. The van der Waals surface area contributed by atoms with Gasteiger partial charge in [0.1, 0.15) is 0 Å². The Hall–Kier alpha value is -3.52. The first-order valence-electron chi connectivity index (χ1n) is 22.1. The molecule has 0 radical (unpaired) electrons. The number of hydrogen-bond donors (Lipinski definition) is 0. The Bertz CT molecular complexity index is 2480. The SMILES string of the molecule is CCc1ccccc1-c1c(C(C)(C)C)ccc2c1C=C(c1ccccc1)[CH]2[Zr]([Cl])([Cl])([CH]1C(c2ccccc2)=Cc2c1ccc(C(C)(C)C)c2-c1ccccc1CC)[SiH](C)C. The molecule has 0 saturated heterocycles. The molecule has 0 heterocycles. The van der Waals surface area contributed by atoms with E-state index in [4.69, 9.17) is 0 Å². The Morgan fingerprint density at radius 3 is 1.17 bits per heavy atom. The first kappa shape index (κ1) is 43.1. The molecular weight excluding hydrogens is 863 g/mol. The molecule has 0 bridgehead atoms. The van der Waals surface area contributed by atoms with E-state index < -0.39 is 21.5 Å². The second-order valence-corrected chi connectivity index (χ2v) is 62.2. The van der Waals surface area contributed by atoms with Crippen molar-refractivity contribution in [2.45, 2.75) is 99.4 Å². The molecule has 60 heavy (non-hydrogen) atoms. The molecule has 2 atom stereocenters. The van der Waals surface area contributed by atoms with E-state index in [1.807, 2.05) is 0 Å². The van der Waals surface area contributed by atoms with Crippen LogP contribution in [0.3, 0.4) is 0 Å². The summed E-state index contributed by atoms with van der Waals surface area (Å²) in [7, 11) is 18.4. The van der Waals surface area contributed by atoms with Gasteiger partial charge in [0.05, 0.1) is 0 Å². The first-order chi connectivity index (χ1) is 28.5. The van der Waals surface area contributed by atoms with Crippen LogP contribution in [0.2, 0.25) is 13.1 Å². The van der Waals surface area contributed by atoms with E-state index in [0.717, 1.165) is 12.8 Å².